The van der Waals surface area contributed by atoms with Crippen molar-refractivity contribution in [1.29, 1.82) is 10.5 Å². The fourth-order valence-electron chi connectivity index (χ4n) is 8.32. The molecule has 2 rings (SSSR count). The van der Waals surface area contributed by atoms with Crippen LogP contribution in [0.2, 0.25) is 0 Å². The minimum atomic E-state index is -0.277. The van der Waals surface area contributed by atoms with E-state index in [0.717, 1.165) is 103 Å². The topological polar surface area (TPSA) is 291 Å². The molecule has 18 nitrogen and oxygen atoms in total. The Bertz CT molecular complexity index is 1940. The molecule has 0 aliphatic carbocycles. The van der Waals surface area contributed by atoms with E-state index in [0.29, 0.717) is 103 Å². The van der Waals surface area contributed by atoms with Crippen molar-refractivity contribution in [2.24, 2.45) is 47.0 Å². The molecule has 6 atom stereocenters. The van der Waals surface area contributed by atoms with E-state index >= 15 is 0 Å². The number of allylic oxidation sites excluding steroid dienone is 4. The highest BCUT2D eigenvalue weighted by Crippen LogP contribution is 2.17. The Balaban J connectivity index is 0.000000802. The Labute approximate surface area is 454 Å². The van der Waals surface area contributed by atoms with Crippen molar-refractivity contribution < 1.29 is 38.4 Å². The summed E-state index contributed by atoms with van der Waals surface area (Å²) in [6.45, 7) is 12.8. The van der Waals surface area contributed by atoms with Crippen LogP contribution in [0.25, 0.3) is 0 Å². The van der Waals surface area contributed by atoms with E-state index in [-0.39, 0.29) is 70.9 Å². The molecule has 0 radical (unpaired) electrons. The zero-order valence-corrected chi connectivity index (χ0v) is 46.5. The molecule has 0 aromatic rings. The number of nitriles is 2. The van der Waals surface area contributed by atoms with Gasteiger partial charge in [0.2, 0.25) is 23.6 Å². The first-order valence-electron chi connectivity index (χ1n) is 28.2. The number of nitrogens with zero attached hydrogens (tertiary/aromatic N) is 4. The molecular weight excluding hydrogens is 965 g/mol. The van der Waals surface area contributed by atoms with E-state index in [2.05, 4.69) is 59.4 Å². The summed E-state index contributed by atoms with van der Waals surface area (Å²) in [5.74, 6) is -0.0263. The van der Waals surface area contributed by atoms with Crippen molar-refractivity contribution in [3.8, 4) is 12.1 Å². The highest BCUT2D eigenvalue weighted by molar-refractivity contribution is 6.13. The molecule has 0 aromatic heterocycles. The lowest BCUT2D eigenvalue weighted by atomic mass is 9.98. The maximum atomic E-state index is 12.2. The van der Waals surface area contributed by atoms with Crippen molar-refractivity contribution in [3.63, 3.8) is 0 Å². The second kappa shape index (κ2) is 43.2. The van der Waals surface area contributed by atoms with Gasteiger partial charge in [0.15, 0.2) is 0 Å². The number of carbonyl (C=O) groups excluding carboxylic acids is 8. The van der Waals surface area contributed by atoms with Crippen LogP contribution in [-0.4, -0.2) is 109 Å². The molecular formula is C58H94N10O8. The SMILES string of the molecule is CC(CCCNC(=O)CCC/C=C/CCC(C#N)CCC(=O)NCCCC(C)CN1C(=O)C=CC1=O)CN1C(=O)C=CC1=O.CC(CN)CCCNC(=O)CCC/C=C/CCC(C#N)CCC(=O)NCCCC(C)CN. The number of hydrogen-bond donors (Lipinski definition) is 6. The minimum absolute atomic E-state index is 0.00472. The van der Waals surface area contributed by atoms with E-state index in [1.807, 2.05) is 26.0 Å². The number of nitrogens with one attached hydrogen (secondary N) is 4. The number of imide groups is 2. The predicted molar refractivity (Wildman–Crippen MR) is 297 cm³/mol. The molecule has 18 heteroatoms. The summed E-state index contributed by atoms with van der Waals surface area (Å²) in [6.07, 6.45) is 29.4. The minimum Gasteiger partial charge on any atom is -0.356 e. The van der Waals surface area contributed by atoms with Gasteiger partial charge in [-0.1, -0.05) is 52.0 Å². The van der Waals surface area contributed by atoms with Gasteiger partial charge in [-0.3, -0.25) is 48.2 Å². The average Bonchev–Trinajstić information content (AvgIpc) is 3.90. The van der Waals surface area contributed by atoms with E-state index in [4.69, 9.17) is 11.5 Å². The number of nitrogens with two attached hydrogens (primary N) is 2. The van der Waals surface area contributed by atoms with E-state index in [1.54, 1.807) is 0 Å². The normalized spacial score (nSPS) is 15.5. The summed E-state index contributed by atoms with van der Waals surface area (Å²) in [7, 11) is 0. The highest BCUT2D eigenvalue weighted by Gasteiger charge is 2.26. The summed E-state index contributed by atoms with van der Waals surface area (Å²) in [6, 6.07) is 4.60. The van der Waals surface area contributed by atoms with E-state index < -0.39 is 0 Å². The second-order valence-corrected chi connectivity index (χ2v) is 20.7. The van der Waals surface area contributed by atoms with Gasteiger partial charge >= 0.3 is 0 Å². The molecule has 6 unspecified atom stereocenters. The first kappa shape index (κ1) is 68.0. The van der Waals surface area contributed by atoms with Crippen molar-refractivity contribution in [3.05, 3.63) is 48.6 Å². The fourth-order valence-corrected chi connectivity index (χ4v) is 8.32. The number of carbonyl (C=O) groups is 8. The smallest absolute Gasteiger partial charge is 0.253 e. The van der Waals surface area contributed by atoms with E-state index in [9.17, 15) is 48.9 Å². The molecule has 0 saturated carbocycles. The Morgan fingerprint density at radius 1 is 0.447 bits per heavy atom. The Morgan fingerprint density at radius 3 is 1.04 bits per heavy atom. The third-order valence-electron chi connectivity index (χ3n) is 13.4. The van der Waals surface area contributed by atoms with Crippen molar-refractivity contribution in [2.75, 3.05) is 52.4 Å². The Hall–Kier alpha value is -5.98. The van der Waals surface area contributed by atoms with Gasteiger partial charge in [0.05, 0.1) is 12.1 Å². The first-order chi connectivity index (χ1) is 36.5. The lowest BCUT2D eigenvalue weighted by Crippen LogP contribution is -2.34. The summed E-state index contributed by atoms with van der Waals surface area (Å²) in [5, 5.41) is 30.4. The molecule has 76 heavy (non-hydrogen) atoms. The molecule has 2 aliphatic heterocycles. The van der Waals surface area contributed by atoms with Gasteiger partial charge in [-0.05, 0) is 152 Å². The molecule has 0 spiro atoms. The van der Waals surface area contributed by atoms with Crippen LogP contribution in [0.5, 0.6) is 0 Å². The third kappa shape index (κ3) is 34.6. The van der Waals surface area contributed by atoms with Gasteiger partial charge in [-0.25, -0.2) is 0 Å². The summed E-state index contributed by atoms with van der Waals surface area (Å²) < 4.78 is 0. The van der Waals surface area contributed by atoms with Crippen molar-refractivity contribution in [1.82, 2.24) is 31.1 Å². The molecule has 2 heterocycles. The number of amides is 8. The van der Waals surface area contributed by atoms with Gasteiger partial charge in [0.1, 0.15) is 0 Å². The highest BCUT2D eigenvalue weighted by atomic mass is 16.2. The molecule has 424 valence electrons. The van der Waals surface area contributed by atoms with Crippen LogP contribution in [0.1, 0.15) is 169 Å². The van der Waals surface area contributed by atoms with Gasteiger partial charge in [0.25, 0.3) is 23.6 Å². The van der Waals surface area contributed by atoms with Crippen LogP contribution in [-0.2, 0) is 38.4 Å². The van der Waals surface area contributed by atoms with Gasteiger partial charge < -0.3 is 32.7 Å². The maximum absolute atomic E-state index is 12.2. The summed E-state index contributed by atoms with van der Waals surface area (Å²) >= 11 is 0. The monoisotopic (exact) mass is 1060 g/mol. The number of rotatable bonds is 42. The second-order valence-electron chi connectivity index (χ2n) is 20.7. The lowest BCUT2D eigenvalue weighted by Gasteiger charge is -2.19. The van der Waals surface area contributed by atoms with Crippen molar-refractivity contribution in [2.45, 2.75) is 169 Å². The largest absolute Gasteiger partial charge is 0.356 e. The van der Waals surface area contributed by atoms with Crippen LogP contribution < -0.4 is 32.7 Å². The summed E-state index contributed by atoms with van der Waals surface area (Å²) in [5.41, 5.74) is 11.2. The Kier molecular flexibility index (Phi) is 38.6. The number of unbranched alkanes of at least 4 members (excludes halogenated alkanes) is 2. The molecule has 0 fully saturated rings. The summed E-state index contributed by atoms with van der Waals surface area (Å²) in [4.78, 5) is 97.0. The maximum Gasteiger partial charge on any atom is 0.253 e. The number of hydrogen-bond acceptors (Lipinski definition) is 12. The molecule has 8 N–H and O–H groups in total. The quantitative estimate of drug-likeness (QED) is 0.0211. The predicted octanol–water partition coefficient (Wildman–Crippen LogP) is 6.72. The van der Waals surface area contributed by atoms with Crippen LogP contribution in [0.3, 0.4) is 0 Å². The molecule has 0 aromatic carbocycles. The van der Waals surface area contributed by atoms with Crippen LogP contribution in [0, 0.1) is 58.2 Å². The van der Waals surface area contributed by atoms with Gasteiger partial charge in [-0.2, -0.15) is 10.5 Å². The van der Waals surface area contributed by atoms with Crippen LogP contribution in [0.4, 0.5) is 0 Å². The lowest BCUT2D eigenvalue weighted by molar-refractivity contribution is -0.139. The zero-order chi connectivity index (χ0) is 56.4. The Morgan fingerprint density at radius 2 is 0.737 bits per heavy atom. The van der Waals surface area contributed by atoms with Crippen LogP contribution in [0.15, 0.2) is 48.6 Å². The first-order valence-corrected chi connectivity index (χ1v) is 28.2. The van der Waals surface area contributed by atoms with Crippen molar-refractivity contribution >= 4 is 47.3 Å². The molecule has 2 aliphatic rings. The molecule has 0 bridgehead atoms. The standard InChI is InChI=1S/C33H47N5O6.C25H47N5O2/c1-25(23-37-30(41)16-17-31(37)42)10-8-20-35-28(39)13-7-5-3-4-6-12-27(22-34)14-15-29(40)36-21-9-11-26(2)24-38-32(43)18-19-33(38)44;1-21(18-26)10-8-16-29-24(31)13-7-5-3-4-6-12-23(20-28)14-15-25(32)30-17-9-11-22(2)19-27/h3-4,16-19,25-27H,5-15,20-21,23-24H2,1-2H3,(H,35,39)(H,36,40);3-4,21-23H,5-19,26-27H2,1-2H3,(H,29,31)(H,30,32)/b2*4-3+. The van der Waals surface area contributed by atoms with E-state index in [1.165, 1.54) is 34.1 Å². The molecule has 8 amide bonds. The van der Waals surface area contributed by atoms with Gasteiger partial charge in [0, 0.05) is 101 Å². The zero-order valence-electron chi connectivity index (χ0n) is 46.5. The van der Waals surface area contributed by atoms with Gasteiger partial charge in [-0.15, -0.1) is 0 Å². The average molecular weight is 1060 g/mol. The fraction of sp³-hybridized carbons (Fsp3) is 0.690. The molecule has 0 saturated heterocycles. The van der Waals surface area contributed by atoms with Crippen LogP contribution >= 0.6 is 0 Å². The third-order valence-corrected chi connectivity index (χ3v) is 13.4.